The smallest absolute Gasteiger partial charge is 0.290 e. The molecule has 0 aromatic carbocycles. The van der Waals surface area contributed by atoms with Crippen molar-refractivity contribution in [2.45, 2.75) is 13.1 Å². The Morgan fingerprint density at radius 2 is 2.00 bits per heavy atom. The summed E-state index contributed by atoms with van der Waals surface area (Å²) in [4.78, 5) is 25.6. The maximum Gasteiger partial charge on any atom is 0.290 e. The number of hydrogen-bond donors (Lipinski definition) is 3. The molecule has 0 atom stereocenters. The number of aliphatic hydroxyl groups is 1. The van der Waals surface area contributed by atoms with Crippen LogP contribution in [0, 0.1) is 0 Å². The maximum absolute atomic E-state index is 9.04. The van der Waals surface area contributed by atoms with Crippen molar-refractivity contribution in [3.63, 3.8) is 0 Å². The molecule has 20 heavy (non-hydrogen) atoms. The first-order valence-corrected chi connectivity index (χ1v) is 5.93. The van der Waals surface area contributed by atoms with Crippen LogP contribution in [0.15, 0.2) is 31.1 Å². The Kier molecular flexibility index (Phi) is 7.55. The van der Waals surface area contributed by atoms with Crippen LogP contribution in [-0.2, 0) is 17.9 Å². The van der Waals surface area contributed by atoms with Crippen molar-refractivity contribution in [3.8, 4) is 0 Å². The molecule has 2 heterocycles. The number of aliphatic hydroxyl groups excluding tert-OH is 1. The van der Waals surface area contributed by atoms with Crippen LogP contribution in [0.1, 0.15) is 11.4 Å². The van der Waals surface area contributed by atoms with Crippen molar-refractivity contribution < 1.29 is 15.0 Å². The van der Waals surface area contributed by atoms with Gasteiger partial charge in [0.2, 0.25) is 0 Å². The van der Waals surface area contributed by atoms with E-state index < -0.39 is 0 Å². The van der Waals surface area contributed by atoms with Gasteiger partial charge in [-0.1, -0.05) is 0 Å². The highest BCUT2D eigenvalue weighted by atomic mass is 16.3. The molecular weight excluding hydrogens is 262 g/mol. The first-order valence-electron chi connectivity index (χ1n) is 5.93. The van der Waals surface area contributed by atoms with Crippen LogP contribution in [0.4, 0.5) is 0 Å². The van der Waals surface area contributed by atoms with Crippen LogP contribution in [-0.4, -0.2) is 54.7 Å². The summed E-state index contributed by atoms with van der Waals surface area (Å²) in [6, 6.07) is 0. The van der Waals surface area contributed by atoms with Gasteiger partial charge in [0, 0.05) is 43.4 Å². The van der Waals surface area contributed by atoms with E-state index in [4.69, 9.17) is 15.0 Å². The Labute approximate surface area is 116 Å². The summed E-state index contributed by atoms with van der Waals surface area (Å²) in [5.74, 6) is 0.885. The predicted molar refractivity (Wildman–Crippen MR) is 70.5 cm³/mol. The third-order valence-electron chi connectivity index (χ3n) is 2.36. The Bertz CT molecular complexity index is 463. The largest absolute Gasteiger partial charge is 0.483 e. The third-order valence-corrected chi connectivity index (χ3v) is 2.36. The van der Waals surface area contributed by atoms with E-state index in [1.165, 1.54) is 6.33 Å². The van der Waals surface area contributed by atoms with Crippen molar-refractivity contribution in [2.75, 3.05) is 13.2 Å². The van der Waals surface area contributed by atoms with Crippen LogP contribution in [0.5, 0.6) is 0 Å². The normalized spacial score (nSPS) is 9.90. The third kappa shape index (κ3) is 6.03. The minimum atomic E-state index is -0.250. The molecular formula is C12H17N5O3. The highest BCUT2D eigenvalue weighted by molar-refractivity contribution is 5.32. The molecule has 0 bridgehead atoms. The molecule has 2 aromatic rings. The highest BCUT2D eigenvalue weighted by Crippen LogP contribution is 2.04. The van der Waals surface area contributed by atoms with Crippen molar-refractivity contribution >= 4 is 6.47 Å². The van der Waals surface area contributed by atoms with Crippen molar-refractivity contribution in [1.82, 2.24) is 24.8 Å². The monoisotopic (exact) mass is 279 g/mol. The van der Waals surface area contributed by atoms with E-state index in [2.05, 4.69) is 24.8 Å². The summed E-state index contributed by atoms with van der Waals surface area (Å²) in [6.45, 7) is 1.83. The number of nitrogens with zero attached hydrogens (tertiary/aromatic N) is 4. The Balaban J connectivity index is 0.000000612. The van der Waals surface area contributed by atoms with Crippen molar-refractivity contribution in [1.29, 1.82) is 0 Å². The van der Waals surface area contributed by atoms with Crippen molar-refractivity contribution in [3.05, 3.63) is 42.5 Å². The Hall–Kier alpha value is -2.32. The van der Waals surface area contributed by atoms with Gasteiger partial charge in [0.15, 0.2) is 0 Å². The highest BCUT2D eigenvalue weighted by Gasteiger charge is 2.08. The molecule has 0 aliphatic heterocycles. The lowest BCUT2D eigenvalue weighted by Gasteiger charge is -2.19. The van der Waals surface area contributed by atoms with Crippen molar-refractivity contribution in [2.24, 2.45) is 0 Å². The molecule has 0 aliphatic rings. The lowest BCUT2D eigenvalue weighted by molar-refractivity contribution is -0.122. The van der Waals surface area contributed by atoms with Gasteiger partial charge in [-0.25, -0.2) is 15.0 Å². The van der Waals surface area contributed by atoms with Gasteiger partial charge in [0.05, 0.1) is 13.2 Å². The topological polar surface area (TPSA) is 115 Å². The van der Waals surface area contributed by atoms with E-state index >= 15 is 0 Å². The van der Waals surface area contributed by atoms with Gasteiger partial charge in [0.1, 0.15) is 12.2 Å². The van der Waals surface area contributed by atoms with Gasteiger partial charge >= 0.3 is 0 Å². The first-order chi connectivity index (χ1) is 9.80. The van der Waals surface area contributed by atoms with Gasteiger partial charge in [-0.15, -0.1) is 0 Å². The summed E-state index contributed by atoms with van der Waals surface area (Å²) in [5.41, 5.74) is 1.02. The van der Waals surface area contributed by atoms with Gasteiger partial charge in [-0.3, -0.25) is 9.69 Å². The number of hydrogen-bond acceptors (Lipinski definition) is 6. The van der Waals surface area contributed by atoms with Gasteiger partial charge in [-0.05, 0) is 0 Å². The molecule has 0 fully saturated rings. The summed E-state index contributed by atoms with van der Waals surface area (Å²) in [6.07, 6.45) is 8.57. The van der Waals surface area contributed by atoms with Gasteiger partial charge < -0.3 is 15.2 Å². The summed E-state index contributed by atoms with van der Waals surface area (Å²) < 4.78 is 0. The number of aromatic nitrogens is 4. The lowest BCUT2D eigenvalue weighted by Crippen LogP contribution is -2.26. The quantitative estimate of drug-likeness (QED) is 0.632. The van der Waals surface area contributed by atoms with E-state index in [1.807, 2.05) is 0 Å². The number of imidazole rings is 1. The zero-order chi connectivity index (χ0) is 14.6. The second-order valence-corrected chi connectivity index (χ2v) is 3.82. The van der Waals surface area contributed by atoms with Crippen LogP contribution < -0.4 is 0 Å². The minimum absolute atomic E-state index is 0.119. The number of H-pyrrole nitrogens is 1. The fourth-order valence-electron chi connectivity index (χ4n) is 1.62. The molecule has 8 nitrogen and oxygen atoms in total. The first kappa shape index (κ1) is 15.7. The van der Waals surface area contributed by atoms with Gasteiger partial charge in [-0.2, -0.15) is 0 Å². The molecule has 0 spiro atoms. The van der Waals surface area contributed by atoms with E-state index in [0.717, 1.165) is 11.4 Å². The maximum atomic E-state index is 9.04. The fraction of sp³-hybridized carbons (Fsp3) is 0.333. The summed E-state index contributed by atoms with van der Waals surface area (Å²) in [5, 5.41) is 15.9. The molecule has 2 rings (SSSR count). The predicted octanol–water partition coefficient (Wildman–Crippen LogP) is -0.105. The number of aromatic amines is 1. The summed E-state index contributed by atoms with van der Waals surface area (Å²) >= 11 is 0. The molecule has 0 saturated carbocycles. The van der Waals surface area contributed by atoms with E-state index in [1.54, 1.807) is 24.8 Å². The molecule has 2 aromatic heterocycles. The summed E-state index contributed by atoms with van der Waals surface area (Å²) in [7, 11) is 0. The second-order valence-electron chi connectivity index (χ2n) is 3.82. The molecule has 0 amide bonds. The van der Waals surface area contributed by atoms with E-state index in [-0.39, 0.29) is 13.1 Å². The zero-order valence-electron chi connectivity index (χ0n) is 10.9. The van der Waals surface area contributed by atoms with E-state index in [9.17, 15) is 0 Å². The second kappa shape index (κ2) is 9.59. The minimum Gasteiger partial charge on any atom is -0.483 e. The standard InChI is InChI=1S/C11H15N5O.CH2O2/c17-4-3-16(8-11-14-1-2-15-11)7-10-5-12-9-13-6-10;2-1-3/h1-2,5-6,9,17H,3-4,7-8H2,(H,14,15);1H,(H,2,3). The Morgan fingerprint density at radius 3 is 2.55 bits per heavy atom. The number of carbonyl (C=O) groups is 1. The van der Waals surface area contributed by atoms with Gasteiger partial charge in [0.25, 0.3) is 6.47 Å². The zero-order valence-corrected chi connectivity index (χ0v) is 10.9. The van der Waals surface area contributed by atoms with Crippen LogP contribution in [0.25, 0.3) is 0 Å². The number of nitrogens with one attached hydrogen (secondary N) is 1. The molecule has 0 aliphatic carbocycles. The lowest BCUT2D eigenvalue weighted by atomic mass is 10.3. The number of carboxylic acid groups (broad SMARTS) is 1. The average Bonchev–Trinajstić information content (AvgIpc) is 2.94. The SMILES string of the molecule is O=CO.OCCN(Cc1cncnc1)Cc1ncc[nH]1. The van der Waals surface area contributed by atoms with Crippen LogP contribution in [0.2, 0.25) is 0 Å². The molecule has 8 heteroatoms. The molecule has 0 unspecified atom stereocenters. The molecule has 0 radical (unpaired) electrons. The average molecular weight is 279 g/mol. The van der Waals surface area contributed by atoms with Crippen LogP contribution >= 0.6 is 0 Å². The van der Waals surface area contributed by atoms with E-state index in [0.29, 0.717) is 19.6 Å². The molecule has 3 N–H and O–H groups in total. The van der Waals surface area contributed by atoms with Crippen LogP contribution in [0.3, 0.4) is 0 Å². The molecule has 108 valence electrons. The number of rotatable bonds is 6. The Morgan fingerprint density at radius 1 is 1.30 bits per heavy atom. The fourth-order valence-corrected chi connectivity index (χ4v) is 1.62. The molecule has 0 saturated heterocycles.